The molecule has 0 atom stereocenters. The highest BCUT2D eigenvalue weighted by Gasteiger charge is 2.23. The van der Waals surface area contributed by atoms with Gasteiger partial charge in [-0.2, -0.15) is 8.75 Å². The van der Waals surface area contributed by atoms with Crippen molar-refractivity contribution in [2.45, 2.75) is 52.4 Å². The van der Waals surface area contributed by atoms with Crippen LogP contribution in [0.15, 0.2) is 170 Å². The van der Waals surface area contributed by atoms with Gasteiger partial charge in [0, 0.05) is 33.4 Å². The molecular weight excluding hydrogens is 799 g/mol. The molecule has 10 aromatic rings. The molecule has 0 fully saturated rings. The first kappa shape index (κ1) is 40.1. The van der Waals surface area contributed by atoms with E-state index in [2.05, 4.69) is 172 Å². The van der Waals surface area contributed by atoms with Crippen LogP contribution < -0.4 is 4.90 Å². The summed E-state index contributed by atoms with van der Waals surface area (Å²) >= 11 is 1.20. The van der Waals surface area contributed by atoms with Gasteiger partial charge >= 0.3 is 0 Å². The van der Waals surface area contributed by atoms with Crippen molar-refractivity contribution >= 4 is 61.6 Å². The van der Waals surface area contributed by atoms with Gasteiger partial charge in [0.25, 0.3) is 0 Å². The second-order valence-electron chi connectivity index (χ2n) is 18.4. The minimum atomic E-state index is -0.265. The zero-order chi connectivity index (χ0) is 43.6. The van der Waals surface area contributed by atoms with E-state index in [0.717, 1.165) is 67.2 Å². The average molecular weight is 845 g/mol. The summed E-state index contributed by atoms with van der Waals surface area (Å²) in [6.45, 7) is 13.6. The number of hydrogen-bond acceptors (Lipinski definition) is 4. The van der Waals surface area contributed by atoms with Crippen LogP contribution in [0, 0.1) is 11.6 Å². The highest BCUT2D eigenvalue weighted by Crippen LogP contribution is 2.43. The van der Waals surface area contributed by atoms with E-state index < -0.39 is 0 Å². The third-order valence-corrected chi connectivity index (χ3v) is 12.7. The lowest BCUT2D eigenvalue weighted by molar-refractivity contribution is 0.590. The molecule has 310 valence electrons. The zero-order valence-electron chi connectivity index (χ0n) is 36.1. The van der Waals surface area contributed by atoms with Gasteiger partial charge in [0.2, 0.25) is 0 Å². The van der Waals surface area contributed by atoms with E-state index >= 15 is 0 Å². The largest absolute Gasteiger partial charge is 0.309 e. The molecule has 0 aliphatic carbocycles. The number of anilines is 3. The third-order valence-electron chi connectivity index (χ3n) is 12.2. The minimum absolute atomic E-state index is 0.0278. The Morgan fingerprint density at radius 1 is 0.444 bits per heavy atom. The highest BCUT2D eigenvalue weighted by molar-refractivity contribution is 7.00. The van der Waals surface area contributed by atoms with Crippen LogP contribution in [0.1, 0.15) is 52.7 Å². The van der Waals surface area contributed by atoms with Gasteiger partial charge in [0.15, 0.2) is 0 Å². The normalized spacial score (nSPS) is 12.1. The molecule has 0 N–H and O–H groups in total. The molecule has 8 aromatic carbocycles. The Hall–Kier alpha value is -6.96. The van der Waals surface area contributed by atoms with Crippen molar-refractivity contribution in [1.29, 1.82) is 0 Å². The number of halogens is 2. The van der Waals surface area contributed by atoms with E-state index in [9.17, 15) is 8.78 Å². The molecule has 2 heterocycles. The van der Waals surface area contributed by atoms with Gasteiger partial charge < -0.3 is 9.47 Å². The van der Waals surface area contributed by atoms with Crippen LogP contribution in [-0.4, -0.2) is 13.3 Å². The van der Waals surface area contributed by atoms with Gasteiger partial charge in [-0.3, -0.25) is 0 Å². The van der Waals surface area contributed by atoms with E-state index in [1.165, 1.54) is 68.9 Å². The van der Waals surface area contributed by atoms with Crippen molar-refractivity contribution < 1.29 is 8.78 Å². The summed E-state index contributed by atoms with van der Waals surface area (Å²) in [7, 11) is 0. The predicted molar refractivity (Wildman–Crippen MR) is 260 cm³/mol. The molecule has 63 heavy (non-hydrogen) atoms. The molecule has 10 rings (SSSR count). The van der Waals surface area contributed by atoms with Gasteiger partial charge in [0.05, 0.1) is 28.4 Å². The Kier molecular flexibility index (Phi) is 9.83. The summed E-state index contributed by atoms with van der Waals surface area (Å²) in [5.74, 6) is -0.531. The molecule has 7 heteroatoms. The summed E-state index contributed by atoms with van der Waals surface area (Å²) < 4.78 is 39.7. The second kappa shape index (κ2) is 15.4. The van der Waals surface area contributed by atoms with Crippen LogP contribution >= 0.6 is 11.7 Å². The Labute approximate surface area is 371 Å². The third kappa shape index (κ3) is 7.46. The SMILES string of the molecule is CC(C)(C)c1ccc2c(c1)c1cc(C(C)(C)C)ccc1n2-c1ccc(-c2ccc(N(c3ccc(-c4ccc(F)cc4)cc3)c3ccc(-c4ccc(F)cc4)cc3)c3nsnc23)cc1. The van der Waals surface area contributed by atoms with E-state index in [4.69, 9.17) is 8.75 Å². The monoisotopic (exact) mass is 844 g/mol. The van der Waals surface area contributed by atoms with E-state index in [0.29, 0.717) is 0 Å². The number of fused-ring (bicyclic) bond motifs is 4. The maximum atomic E-state index is 13.8. The fourth-order valence-electron chi connectivity index (χ4n) is 8.61. The Morgan fingerprint density at radius 2 is 0.857 bits per heavy atom. The molecule has 0 aliphatic heterocycles. The van der Waals surface area contributed by atoms with E-state index in [1.54, 1.807) is 24.3 Å². The number of aromatic nitrogens is 3. The molecule has 2 aromatic heterocycles. The Bertz CT molecular complexity index is 3120. The number of nitrogens with zero attached hydrogens (tertiary/aromatic N) is 4. The number of hydrogen-bond donors (Lipinski definition) is 0. The number of rotatable bonds is 7. The van der Waals surface area contributed by atoms with Crippen LogP contribution in [0.5, 0.6) is 0 Å². The lowest BCUT2D eigenvalue weighted by atomic mass is 9.85. The fourth-order valence-corrected chi connectivity index (χ4v) is 9.18. The Balaban J connectivity index is 1.05. The maximum Gasteiger partial charge on any atom is 0.129 e. The molecule has 4 nitrogen and oxygen atoms in total. The highest BCUT2D eigenvalue weighted by atomic mass is 32.1. The van der Waals surface area contributed by atoms with Gasteiger partial charge in [-0.1, -0.05) is 114 Å². The van der Waals surface area contributed by atoms with Crippen LogP contribution in [0.2, 0.25) is 0 Å². The number of benzene rings is 8. The molecule has 0 saturated heterocycles. The molecule has 0 aliphatic rings. The van der Waals surface area contributed by atoms with Gasteiger partial charge in [0.1, 0.15) is 22.7 Å². The maximum absolute atomic E-state index is 13.8. The van der Waals surface area contributed by atoms with Gasteiger partial charge in [-0.15, -0.1) is 0 Å². The van der Waals surface area contributed by atoms with Gasteiger partial charge in [-0.05, 0) is 147 Å². The summed E-state index contributed by atoms with van der Waals surface area (Å²) in [6.07, 6.45) is 0. The average Bonchev–Trinajstić information content (AvgIpc) is 3.91. The smallest absolute Gasteiger partial charge is 0.129 e. The first-order valence-electron chi connectivity index (χ1n) is 21.3. The molecule has 0 bridgehead atoms. The van der Waals surface area contributed by atoms with Crippen molar-refractivity contribution in [2.75, 3.05) is 4.90 Å². The van der Waals surface area contributed by atoms with E-state index in [1.807, 2.05) is 0 Å². The summed E-state index contributed by atoms with van der Waals surface area (Å²) in [6, 6.07) is 56.5. The van der Waals surface area contributed by atoms with Crippen LogP contribution in [0.25, 0.3) is 71.9 Å². The van der Waals surface area contributed by atoms with Crippen molar-refractivity contribution in [3.63, 3.8) is 0 Å². The van der Waals surface area contributed by atoms with Crippen LogP contribution in [0.3, 0.4) is 0 Å². The molecule has 0 unspecified atom stereocenters. The summed E-state index contributed by atoms with van der Waals surface area (Å²) in [5.41, 5.74) is 16.4. The Morgan fingerprint density at radius 3 is 1.30 bits per heavy atom. The quantitative estimate of drug-likeness (QED) is 0.160. The second-order valence-corrected chi connectivity index (χ2v) is 18.9. The molecule has 0 saturated carbocycles. The lowest BCUT2D eigenvalue weighted by Crippen LogP contribution is -2.10. The molecular formula is C56H46F2N4S. The molecule has 0 spiro atoms. The summed E-state index contributed by atoms with van der Waals surface area (Å²) in [5, 5.41) is 2.52. The van der Waals surface area contributed by atoms with Crippen molar-refractivity contribution in [2.24, 2.45) is 0 Å². The van der Waals surface area contributed by atoms with E-state index in [-0.39, 0.29) is 22.5 Å². The summed E-state index contributed by atoms with van der Waals surface area (Å²) in [4.78, 5) is 2.19. The van der Waals surface area contributed by atoms with Crippen molar-refractivity contribution in [3.05, 3.63) is 193 Å². The first-order chi connectivity index (χ1) is 30.3. The van der Waals surface area contributed by atoms with Gasteiger partial charge in [-0.25, -0.2) is 8.78 Å². The standard InChI is InChI=1S/C56H46F2N4S/c1-55(2,3)40-17-30-50-48(33-40)49-34-41(56(4,5)6)18-31-51(49)62(50)46-27-15-39(16-28-46)47-29-32-52(54-53(47)59-63-60-54)61(44-23-11-37(12-24-44)35-7-19-42(57)20-8-35)45-25-13-38(14-26-45)36-9-21-43(58)22-10-36/h7-34H,1-6H3. The molecule has 0 radical (unpaired) electrons. The molecule has 0 amide bonds. The zero-order valence-corrected chi connectivity index (χ0v) is 36.9. The van der Waals surface area contributed by atoms with Crippen molar-refractivity contribution in [3.8, 4) is 39.1 Å². The minimum Gasteiger partial charge on any atom is -0.309 e. The van der Waals surface area contributed by atoms with Crippen LogP contribution in [0.4, 0.5) is 25.8 Å². The fraction of sp³-hybridized carbons (Fsp3) is 0.143. The first-order valence-corrected chi connectivity index (χ1v) is 22.0. The van der Waals surface area contributed by atoms with Crippen LogP contribution in [-0.2, 0) is 10.8 Å². The predicted octanol–water partition coefficient (Wildman–Crippen LogP) is 16.1. The lowest BCUT2D eigenvalue weighted by Gasteiger charge is -2.26. The topological polar surface area (TPSA) is 34.0 Å². The van der Waals surface area contributed by atoms with Crippen molar-refractivity contribution in [1.82, 2.24) is 13.3 Å².